The van der Waals surface area contributed by atoms with E-state index in [4.69, 9.17) is 4.42 Å². The predicted molar refractivity (Wildman–Crippen MR) is 106 cm³/mol. The average Bonchev–Trinajstić information content (AvgIpc) is 3.22. The van der Waals surface area contributed by atoms with Crippen LogP contribution in [-0.4, -0.2) is 47.2 Å². The molecule has 3 heterocycles. The predicted octanol–water partition coefficient (Wildman–Crippen LogP) is 3.41. The molecule has 0 aliphatic carbocycles. The van der Waals surface area contributed by atoms with Crippen molar-refractivity contribution in [1.82, 2.24) is 20.2 Å². The van der Waals surface area contributed by atoms with Crippen LogP contribution in [0, 0.1) is 13.8 Å². The van der Waals surface area contributed by atoms with Gasteiger partial charge in [0.2, 0.25) is 5.91 Å². The summed E-state index contributed by atoms with van der Waals surface area (Å²) in [5.41, 5.74) is 1.19. The molecule has 1 atom stereocenters. The Balaban J connectivity index is 1.61. The molecular weight excluding hydrogens is 368 g/mol. The lowest BCUT2D eigenvalue weighted by atomic mass is 10.2. The van der Waals surface area contributed by atoms with Crippen LogP contribution in [0.4, 0.5) is 0 Å². The van der Waals surface area contributed by atoms with Gasteiger partial charge in [0.25, 0.3) is 0 Å². The number of thioether (sulfide) groups is 1. The first-order chi connectivity index (χ1) is 12.5. The average molecular weight is 391 g/mol. The van der Waals surface area contributed by atoms with Gasteiger partial charge < -0.3 is 9.73 Å². The molecule has 0 bridgehead atoms. The molecule has 0 saturated carbocycles. The van der Waals surface area contributed by atoms with Crippen molar-refractivity contribution < 1.29 is 9.21 Å². The Bertz CT molecular complexity index is 890. The highest BCUT2D eigenvalue weighted by Gasteiger charge is 2.18. The van der Waals surface area contributed by atoms with Gasteiger partial charge >= 0.3 is 0 Å². The summed E-state index contributed by atoms with van der Waals surface area (Å²) < 4.78 is 5.47. The number of fused-ring (bicyclic) bond motifs is 1. The molecule has 0 spiro atoms. The van der Waals surface area contributed by atoms with Crippen molar-refractivity contribution in [3.8, 4) is 0 Å². The van der Waals surface area contributed by atoms with Crippen LogP contribution in [0.3, 0.4) is 0 Å². The van der Waals surface area contributed by atoms with Crippen molar-refractivity contribution in [3.05, 3.63) is 40.9 Å². The standard InChI is InChI=1S/C18H22N4O2S2/c1-11-12(2)26-18-16(11)17(20-10-21-18)25-9-15(23)19-8-13(22(3)4)14-6-5-7-24-14/h5-7,10,13H,8-9H2,1-4H3,(H,19,23). The largest absolute Gasteiger partial charge is 0.468 e. The van der Waals surface area contributed by atoms with Gasteiger partial charge in [-0.15, -0.1) is 11.3 Å². The summed E-state index contributed by atoms with van der Waals surface area (Å²) in [7, 11) is 3.93. The molecule has 0 aliphatic rings. The van der Waals surface area contributed by atoms with Gasteiger partial charge in [0, 0.05) is 16.8 Å². The summed E-state index contributed by atoms with van der Waals surface area (Å²) >= 11 is 3.11. The van der Waals surface area contributed by atoms with Crippen LogP contribution in [0.1, 0.15) is 22.2 Å². The van der Waals surface area contributed by atoms with Crippen molar-refractivity contribution >= 4 is 39.2 Å². The van der Waals surface area contributed by atoms with Gasteiger partial charge in [0.05, 0.1) is 18.1 Å². The van der Waals surface area contributed by atoms with E-state index in [0.717, 1.165) is 21.0 Å². The van der Waals surface area contributed by atoms with Crippen LogP contribution in [0.2, 0.25) is 0 Å². The molecule has 8 heteroatoms. The highest BCUT2D eigenvalue weighted by Crippen LogP contribution is 2.34. The number of carbonyl (C=O) groups is 1. The van der Waals surface area contributed by atoms with Gasteiger partial charge in [-0.3, -0.25) is 9.69 Å². The summed E-state index contributed by atoms with van der Waals surface area (Å²) in [4.78, 5) is 25.3. The monoisotopic (exact) mass is 390 g/mol. The smallest absolute Gasteiger partial charge is 0.230 e. The van der Waals surface area contributed by atoms with Gasteiger partial charge in [-0.2, -0.15) is 0 Å². The molecule has 3 aromatic rings. The number of nitrogens with zero attached hydrogens (tertiary/aromatic N) is 3. The number of likely N-dealkylation sites (N-methyl/N-ethyl adjacent to an activating group) is 1. The van der Waals surface area contributed by atoms with E-state index in [1.54, 1.807) is 23.9 Å². The van der Waals surface area contributed by atoms with Crippen LogP contribution in [0.25, 0.3) is 10.2 Å². The molecule has 3 aromatic heterocycles. The molecule has 0 fully saturated rings. The molecule has 0 radical (unpaired) electrons. The highest BCUT2D eigenvalue weighted by atomic mass is 32.2. The fraction of sp³-hybridized carbons (Fsp3) is 0.389. The lowest BCUT2D eigenvalue weighted by Crippen LogP contribution is -2.35. The minimum absolute atomic E-state index is 0.00600. The topological polar surface area (TPSA) is 71.3 Å². The van der Waals surface area contributed by atoms with Crippen molar-refractivity contribution in [2.75, 3.05) is 26.4 Å². The fourth-order valence-electron chi connectivity index (χ4n) is 2.67. The summed E-state index contributed by atoms with van der Waals surface area (Å²) in [6.45, 7) is 4.65. The number of rotatable bonds is 7. The Labute approximate surface area is 161 Å². The van der Waals surface area contributed by atoms with E-state index in [9.17, 15) is 4.79 Å². The number of amides is 1. The van der Waals surface area contributed by atoms with E-state index >= 15 is 0 Å². The number of aryl methyl sites for hydroxylation is 2. The second-order valence-electron chi connectivity index (χ2n) is 6.23. The van der Waals surface area contributed by atoms with Crippen LogP contribution >= 0.6 is 23.1 Å². The molecule has 6 nitrogen and oxygen atoms in total. The second kappa shape index (κ2) is 8.20. The normalized spacial score (nSPS) is 12.7. The van der Waals surface area contributed by atoms with E-state index in [2.05, 4.69) is 29.1 Å². The van der Waals surface area contributed by atoms with Gasteiger partial charge in [-0.1, -0.05) is 11.8 Å². The maximum absolute atomic E-state index is 12.3. The summed E-state index contributed by atoms with van der Waals surface area (Å²) in [6.07, 6.45) is 3.21. The number of thiophene rings is 1. The molecule has 1 amide bonds. The van der Waals surface area contributed by atoms with Crippen LogP contribution in [0.5, 0.6) is 0 Å². The summed E-state index contributed by atoms with van der Waals surface area (Å²) in [6, 6.07) is 3.78. The Morgan fingerprint density at radius 3 is 2.88 bits per heavy atom. The molecule has 3 rings (SSSR count). The maximum atomic E-state index is 12.3. The van der Waals surface area contributed by atoms with Crippen molar-refractivity contribution in [3.63, 3.8) is 0 Å². The SMILES string of the molecule is Cc1sc2ncnc(SCC(=O)NCC(c3ccco3)N(C)C)c2c1C. The first-order valence-corrected chi connectivity index (χ1v) is 10.1. The van der Waals surface area contributed by atoms with E-state index in [1.165, 1.54) is 22.2 Å². The zero-order valence-electron chi connectivity index (χ0n) is 15.3. The number of hydrogen-bond acceptors (Lipinski definition) is 7. The molecule has 0 saturated heterocycles. The Morgan fingerprint density at radius 2 is 2.19 bits per heavy atom. The molecule has 0 aromatic carbocycles. The molecule has 138 valence electrons. The first-order valence-electron chi connectivity index (χ1n) is 8.27. The lowest BCUT2D eigenvalue weighted by Gasteiger charge is -2.22. The van der Waals surface area contributed by atoms with Crippen LogP contribution in [0.15, 0.2) is 34.2 Å². The van der Waals surface area contributed by atoms with Crippen molar-refractivity contribution in [2.24, 2.45) is 0 Å². The van der Waals surface area contributed by atoms with Crippen LogP contribution in [-0.2, 0) is 4.79 Å². The third-order valence-corrected chi connectivity index (χ3v) is 6.36. The molecular formula is C18H22N4O2S2. The molecule has 1 unspecified atom stereocenters. The van der Waals surface area contributed by atoms with Gasteiger partial charge in [0.1, 0.15) is 21.9 Å². The third kappa shape index (κ3) is 4.08. The maximum Gasteiger partial charge on any atom is 0.230 e. The Morgan fingerprint density at radius 1 is 1.38 bits per heavy atom. The highest BCUT2D eigenvalue weighted by molar-refractivity contribution is 8.00. The fourth-order valence-corrected chi connectivity index (χ4v) is 4.62. The number of carbonyl (C=O) groups excluding carboxylic acids is 1. The van der Waals surface area contributed by atoms with Crippen molar-refractivity contribution in [1.29, 1.82) is 0 Å². The van der Waals surface area contributed by atoms with Gasteiger partial charge in [-0.25, -0.2) is 9.97 Å². The number of nitrogens with one attached hydrogen (secondary N) is 1. The lowest BCUT2D eigenvalue weighted by molar-refractivity contribution is -0.118. The third-order valence-electron chi connectivity index (χ3n) is 4.26. The van der Waals surface area contributed by atoms with Crippen molar-refractivity contribution in [2.45, 2.75) is 24.9 Å². The zero-order valence-corrected chi connectivity index (χ0v) is 16.9. The summed E-state index contributed by atoms with van der Waals surface area (Å²) in [5, 5.41) is 4.92. The number of aromatic nitrogens is 2. The Hall–Kier alpha value is -1.90. The van der Waals surface area contributed by atoms with E-state index < -0.39 is 0 Å². The second-order valence-corrected chi connectivity index (χ2v) is 8.40. The minimum atomic E-state index is -0.0234. The van der Waals surface area contributed by atoms with Crippen LogP contribution < -0.4 is 5.32 Å². The van der Waals surface area contributed by atoms with Gasteiger partial charge in [0.15, 0.2) is 0 Å². The zero-order chi connectivity index (χ0) is 18.7. The number of furan rings is 1. The first kappa shape index (κ1) is 18.9. The van der Waals surface area contributed by atoms with E-state index in [-0.39, 0.29) is 11.9 Å². The summed E-state index contributed by atoms with van der Waals surface area (Å²) in [5.74, 6) is 1.13. The minimum Gasteiger partial charge on any atom is -0.468 e. The molecule has 1 N–H and O–H groups in total. The number of hydrogen-bond donors (Lipinski definition) is 1. The van der Waals surface area contributed by atoms with E-state index in [0.29, 0.717) is 12.3 Å². The molecule has 0 aliphatic heterocycles. The van der Waals surface area contributed by atoms with Gasteiger partial charge in [-0.05, 0) is 45.6 Å². The molecule has 26 heavy (non-hydrogen) atoms. The Kier molecular flexibility index (Phi) is 5.95. The van der Waals surface area contributed by atoms with E-state index in [1.807, 2.05) is 31.1 Å². The quantitative estimate of drug-likeness (QED) is 0.492.